The van der Waals surface area contributed by atoms with Crippen molar-refractivity contribution in [3.63, 3.8) is 0 Å². The molecule has 0 N–H and O–H groups in total. The van der Waals surface area contributed by atoms with Crippen molar-refractivity contribution in [3.8, 4) is 0 Å². The van der Waals surface area contributed by atoms with Crippen molar-refractivity contribution in [1.29, 1.82) is 0 Å². The maximum Gasteiger partial charge on any atom is 0.335 e. The third-order valence-electron chi connectivity index (χ3n) is 1.22. The van der Waals surface area contributed by atoms with E-state index in [1.54, 1.807) is 0 Å². The highest BCUT2D eigenvalue weighted by molar-refractivity contribution is 7.51. The van der Waals surface area contributed by atoms with E-state index < -0.39 is 11.6 Å². The van der Waals surface area contributed by atoms with Gasteiger partial charge in [0, 0.05) is 0 Å². The first kappa shape index (κ1) is 10.0. The molecule has 1 rings (SSSR count). The zero-order chi connectivity index (χ0) is 8.69. The van der Waals surface area contributed by atoms with Crippen LogP contribution in [0.2, 0.25) is 0 Å². The van der Waals surface area contributed by atoms with Crippen LogP contribution in [0.1, 0.15) is 11.1 Å². The highest BCUT2D eigenvalue weighted by Gasteiger charge is 1.79. The van der Waals surface area contributed by atoms with Gasteiger partial charge in [-0.15, -0.1) is 0 Å². The normalized spacial score (nSPS) is 7.82. The van der Waals surface area contributed by atoms with Gasteiger partial charge in [0.05, 0.1) is 0 Å². The summed E-state index contributed by atoms with van der Waals surface area (Å²) in [5, 5.41) is 0. The van der Waals surface area contributed by atoms with E-state index in [2.05, 4.69) is 38.1 Å². The summed E-state index contributed by atoms with van der Waals surface area (Å²) in [6.07, 6.45) is 0. The smallest absolute Gasteiger partial charge is 0.168 e. The summed E-state index contributed by atoms with van der Waals surface area (Å²) < 4.78 is 16.6. The van der Waals surface area contributed by atoms with Crippen LogP contribution in [0.5, 0.6) is 0 Å². The Morgan fingerprint density at radius 3 is 1.27 bits per heavy atom. The molecule has 2 nitrogen and oxygen atoms in total. The molecule has 0 radical (unpaired) electrons. The predicted molar refractivity (Wildman–Crippen MR) is 44.8 cm³/mol. The lowest BCUT2D eigenvalue weighted by molar-refractivity contribution is 0.630. The lowest BCUT2D eigenvalue weighted by atomic mass is 10.2. The third kappa shape index (κ3) is 5.48. The van der Waals surface area contributed by atoms with Gasteiger partial charge in [-0.3, -0.25) is 0 Å². The van der Waals surface area contributed by atoms with Crippen molar-refractivity contribution < 1.29 is 8.42 Å². The number of hydrogen-bond acceptors (Lipinski definition) is 2. The Bertz CT molecular complexity index is 214. The van der Waals surface area contributed by atoms with Crippen LogP contribution in [0.25, 0.3) is 0 Å². The summed E-state index contributed by atoms with van der Waals surface area (Å²) in [7, 11) is 0. The fourth-order valence-electron chi connectivity index (χ4n) is 0.637. The SMILES string of the molecule is Cc1ccc(C)cc1.O=S=O. The average molecular weight is 170 g/mol. The molecule has 0 bridgehead atoms. The Hall–Kier alpha value is -0.960. The molecule has 0 aliphatic carbocycles. The van der Waals surface area contributed by atoms with E-state index >= 15 is 0 Å². The van der Waals surface area contributed by atoms with Gasteiger partial charge in [-0.05, 0) is 13.8 Å². The summed E-state index contributed by atoms with van der Waals surface area (Å²) in [5.74, 6) is 0. The third-order valence-corrected chi connectivity index (χ3v) is 1.22. The molecule has 0 saturated carbocycles. The Morgan fingerprint density at radius 1 is 0.909 bits per heavy atom. The van der Waals surface area contributed by atoms with E-state index in [1.807, 2.05) is 0 Å². The number of hydrogen-bond donors (Lipinski definition) is 0. The quantitative estimate of drug-likeness (QED) is 0.593. The largest absolute Gasteiger partial charge is 0.335 e. The maximum atomic E-state index is 8.29. The van der Waals surface area contributed by atoms with E-state index in [1.165, 1.54) is 11.1 Å². The summed E-state index contributed by atoms with van der Waals surface area (Å²) in [5.41, 5.74) is 2.66. The van der Waals surface area contributed by atoms with Gasteiger partial charge in [0.1, 0.15) is 0 Å². The van der Waals surface area contributed by atoms with Gasteiger partial charge in [0.25, 0.3) is 0 Å². The molecule has 0 saturated heterocycles. The summed E-state index contributed by atoms with van der Waals surface area (Å²) in [4.78, 5) is 0. The van der Waals surface area contributed by atoms with Gasteiger partial charge < -0.3 is 0 Å². The van der Waals surface area contributed by atoms with Crippen molar-refractivity contribution in [3.05, 3.63) is 35.4 Å². The average Bonchev–Trinajstić information content (AvgIpc) is 1.97. The van der Waals surface area contributed by atoms with E-state index in [0.29, 0.717) is 0 Å². The zero-order valence-corrected chi connectivity index (χ0v) is 7.35. The van der Waals surface area contributed by atoms with E-state index in [9.17, 15) is 0 Å². The number of aryl methyl sites for hydroxylation is 2. The second kappa shape index (κ2) is 5.80. The second-order valence-corrected chi connectivity index (χ2v) is 2.36. The van der Waals surface area contributed by atoms with Crippen LogP contribution >= 0.6 is 0 Å². The summed E-state index contributed by atoms with van der Waals surface area (Å²) in [6, 6.07) is 8.48. The van der Waals surface area contributed by atoms with Crippen molar-refractivity contribution in [2.24, 2.45) is 0 Å². The first-order chi connectivity index (χ1) is 5.20. The lowest BCUT2D eigenvalue weighted by Gasteiger charge is -1.90. The topological polar surface area (TPSA) is 34.1 Å². The highest BCUT2D eigenvalue weighted by atomic mass is 32.1. The molecule has 0 aliphatic heterocycles. The minimum atomic E-state index is -0.750. The molecule has 0 atom stereocenters. The molecule has 0 fully saturated rings. The summed E-state index contributed by atoms with van der Waals surface area (Å²) in [6.45, 7) is 4.19. The first-order valence-corrected chi connectivity index (χ1v) is 3.82. The molecular formula is C8H10O2S. The van der Waals surface area contributed by atoms with Crippen LogP contribution in [0, 0.1) is 13.8 Å². The van der Waals surface area contributed by atoms with Crippen molar-refractivity contribution >= 4 is 11.6 Å². The molecule has 0 heterocycles. The molecular weight excluding hydrogens is 160 g/mol. The molecule has 1 aromatic carbocycles. The molecule has 0 aromatic heterocycles. The van der Waals surface area contributed by atoms with Crippen LogP contribution in [0.15, 0.2) is 24.3 Å². The maximum absolute atomic E-state index is 8.29. The molecule has 1 aromatic rings. The fourth-order valence-corrected chi connectivity index (χ4v) is 0.637. The zero-order valence-electron chi connectivity index (χ0n) is 6.53. The van der Waals surface area contributed by atoms with Crippen molar-refractivity contribution in [2.75, 3.05) is 0 Å². The second-order valence-electron chi connectivity index (χ2n) is 2.22. The van der Waals surface area contributed by atoms with Crippen molar-refractivity contribution in [1.82, 2.24) is 0 Å². The Morgan fingerprint density at radius 2 is 1.09 bits per heavy atom. The molecule has 0 amide bonds. The molecule has 0 spiro atoms. The number of benzene rings is 1. The predicted octanol–water partition coefficient (Wildman–Crippen LogP) is 1.63. The molecule has 0 aliphatic rings. The van der Waals surface area contributed by atoms with Crippen LogP contribution in [0.4, 0.5) is 0 Å². The first-order valence-electron chi connectivity index (χ1n) is 3.15. The molecule has 0 unspecified atom stereocenters. The number of rotatable bonds is 0. The minimum absolute atomic E-state index is 0.750. The highest BCUT2D eigenvalue weighted by Crippen LogP contribution is 1.99. The minimum Gasteiger partial charge on any atom is -0.168 e. The van der Waals surface area contributed by atoms with Crippen molar-refractivity contribution in [2.45, 2.75) is 13.8 Å². The van der Waals surface area contributed by atoms with E-state index in [0.717, 1.165) is 0 Å². The Balaban J connectivity index is 0.000000292. The van der Waals surface area contributed by atoms with Gasteiger partial charge in [-0.2, -0.15) is 8.42 Å². The Labute approximate surface area is 69.9 Å². The van der Waals surface area contributed by atoms with E-state index in [-0.39, 0.29) is 0 Å². The van der Waals surface area contributed by atoms with Crippen LogP contribution in [-0.4, -0.2) is 8.42 Å². The van der Waals surface area contributed by atoms with Crippen LogP contribution in [0.3, 0.4) is 0 Å². The summed E-state index contributed by atoms with van der Waals surface area (Å²) >= 11 is -0.750. The fraction of sp³-hybridized carbons (Fsp3) is 0.250. The Kier molecular flexibility index (Phi) is 5.29. The van der Waals surface area contributed by atoms with Gasteiger partial charge in [0.15, 0.2) is 0 Å². The standard InChI is InChI=1S/C8H10.O2S/c1-7-3-5-8(2)6-4-7;1-3-2/h3-6H,1-2H3;. The molecule has 3 heteroatoms. The van der Waals surface area contributed by atoms with Crippen LogP contribution in [-0.2, 0) is 11.6 Å². The molecule has 60 valence electrons. The van der Waals surface area contributed by atoms with E-state index in [4.69, 9.17) is 8.42 Å². The van der Waals surface area contributed by atoms with Gasteiger partial charge in [0.2, 0.25) is 0 Å². The molecule has 11 heavy (non-hydrogen) atoms. The van der Waals surface area contributed by atoms with Gasteiger partial charge in [-0.25, -0.2) is 0 Å². The lowest BCUT2D eigenvalue weighted by Crippen LogP contribution is -1.70. The van der Waals surface area contributed by atoms with Gasteiger partial charge in [-0.1, -0.05) is 35.4 Å². The monoisotopic (exact) mass is 170 g/mol. The van der Waals surface area contributed by atoms with Gasteiger partial charge >= 0.3 is 11.6 Å². The van der Waals surface area contributed by atoms with Crippen LogP contribution < -0.4 is 0 Å².